The predicted molar refractivity (Wildman–Crippen MR) is 57.2 cm³/mol. The number of hydrogen-bond donors (Lipinski definition) is 2. The Morgan fingerprint density at radius 1 is 1.50 bits per heavy atom. The van der Waals surface area contributed by atoms with Gasteiger partial charge in [-0.1, -0.05) is 12.1 Å². The Morgan fingerprint density at radius 3 is 2.94 bits per heavy atom. The Morgan fingerprint density at radius 2 is 2.31 bits per heavy atom. The van der Waals surface area contributed by atoms with E-state index in [1.54, 1.807) is 24.3 Å². The number of nitrogens with zero attached hydrogens (tertiary/aromatic N) is 2. The maximum atomic E-state index is 11.9. The fraction of sp³-hybridized carbons (Fsp3) is 0.100. The predicted octanol–water partition coefficient (Wildman–Crippen LogP) is 0.626. The van der Waals surface area contributed by atoms with E-state index < -0.39 is 0 Å². The normalized spacial score (nSPS) is 10.1. The van der Waals surface area contributed by atoms with Gasteiger partial charge in [0.2, 0.25) is 11.7 Å². The minimum absolute atomic E-state index is 0.0475. The molecule has 82 valence electrons. The lowest BCUT2D eigenvalue weighted by atomic mass is 10.1. The summed E-state index contributed by atoms with van der Waals surface area (Å²) in [6.07, 6.45) is 0. The molecule has 2 aromatic rings. The molecule has 0 bridgehead atoms. The molecular formula is C10H10N4O2. The highest BCUT2D eigenvalue weighted by Crippen LogP contribution is 2.14. The minimum atomic E-state index is -0.275. The first kappa shape index (κ1) is 10.2. The van der Waals surface area contributed by atoms with Crippen LogP contribution in [-0.4, -0.2) is 28.1 Å². The smallest absolute Gasteiger partial charge is 0.239 e. The molecule has 2 rings (SSSR count). The van der Waals surface area contributed by atoms with E-state index in [1.165, 1.54) is 7.11 Å². The van der Waals surface area contributed by atoms with E-state index in [1.807, 2.05) is 0 Å². The van der Waals surface area contributed by atoms with Crippen LogP contribution in [0.15, 0.2) is 24.3 Å². The number of carbonyl (C=O) groups excluding carboxylic acids is 1. The van der Waals surface area contributed by atoms with Gasteiger partial charge in [0.1, 0.15) is 5.75 Å². The molecule has 0 amide bonds. The summed E-state index contributed by atoms with van der Waals surface area (Å²) in [6.45, 7) is 0. The lowest BCUT2D eigenvalue weighted by Crippen LogP contribution is -2.04. The Hall–Kier alpha value is -2.37. The molecule has 0 aliphatic rings. The number of anilines is 1. The van der Waals surface area contributed by atoms with Crippen molar-refractivity contribution < 1.29 is 9.53 Å². The Kier molecular flexibility index (Phi) is 2.55. The number of hydrogen-bond acceptors (Lipinski definition) is 5. The first-order chi connectivity index (χ1) is 7.70. The molecule has 6 nitrogen and oxygen atoms in total. The highest BCUT2D eigenvalue weighted by molar-refractivity contribution is 6.06. The summed E-state index contributed by atoms with van der Waals surface area (Å²) in [5, 5.41) is 6.06. The molecule has 0 saturated heterocycles. The van der Waals surface area contributed by atoms with E-state index in [9.17, 15) is 4.79 Å². The third-order valence-electron chi connectivity index (χ3n) is 2.05. The quantitative estimate of drug-likeness (QED) is 0.737. The lowest BCUT2D eigenvalue weighted by Gasteiger charge is -2.01. The molecule has 0 radical (unpaired) electrons. The van der Waals surface area contributed by atoms with Crippen LogP contribution in [0, 0.1) is 0 Å². The van der Waals surface area contributed by atoms with Crippen LogP contribution in [0.3, 0.4) is 0 Å². The van der Waals surface area contributed by atoms with E-state index in [2.05, 4.69) is 15.2 Å². The number of aromatic nitrogens is 3. The molecule has 0 aliphatic carbocycles. The molecule has 0 atom stereocenters. The van der Waals surface area contributed by atoms with Gasteiger partial charge in [-0.3, -0.25) is 9.89 Å². The number of nitrogens with one attached hydrogen (secondary N) is 1. The van der Waals surface area contributed by atoms with Crippen molar-refractivity contribution in [2.24, 2.45) is 0 Å². The summed E-state index contributed by atoms with van der Waals surface area (Å²) in [5.41, 5.74) is 5.79. The van der Waals surface area contributed by atoms with Crippen LogP contribution in [0.5, 0.6) is 5.75 Å². The molecule has 1 aromatic heterocycles. The van der Waals surface area contributed by atoms with Gasteiger partial charge in [-0.15, -0.1) is 5.10 Å². The van der Waals surface area contributed by atoms with E-state index in [0.717, 1.165) is 0 Å². The molecule has 0 aliphatic heterocycles. The number of benzene rings is 1. The van der Waals surface area contributed by atoms with Gasteiger partial charge in [0.15, 0.2) is 5.82 Å². The second kappa shape index (κ2) is 4.01. The largest absolute Gasteiger partial charge is 0.497 e. The van der Waals surface area contributed by atoms with E-state index in [-0.39, 0.29) is 17.6 Å². The number of aromatic amines is 1. The third-order valence-corrected chi connectivity index (χ3v) is 2.05. The zero-order valence-electron chi connectivity index (χ0n) is 8.60. The first-order valence-electron chi connectivity index (χ1n) is 4.57. The number of methoxy groups -OCH3 is 1. The fourth-order valence-electron chi connectivity index (χ4n) is 1.28. The molecule has 0 spiro atoms. The summed E-state index contributed by atoms with van der Waals surface area (Å²) in [6, 6.07) is 6.78. The van der Waals surface area contributed by atoms with Crippen LogP contribution in [-0.2, 0) is 0 Å². The molecule has 3 N–H and O–H groups in total. The van der Waals surface area contributed by atoms with Crippen molar-refractivity contribution >= 4 is 11.7 Å². The van der Waals surface area contributed by atoms with Gasteiger partial charge >= 0.3 is 0 Å². The topological polar surface area (TPSA) is 93.9 Å². The van der Waals surface area contributed by atoms with Crippen LogP contribution in [0.2, 0.25) is 0 Å². The Bertz CT molecular complexity index is 521. The number of nitrogen functional groups attached to an aromatic ring is 1. The van der Waals surface area contributed by atoms with Crippen molar-refractivity contribution in [3.63, 3.8) is 0 Å². The monoisotopic (exact) mass is 218 g/mol. The summed E-state index contributed by atoms with van der Waals surface area (Å²) < 4.78 is 5.02. The number of rotatable bonds is 3. The van der Waals surface area contributed by atoms with Crippen molar-refractivity contribution in [1.29, 1.82) is 0 Å². The summed E-state index contributed by atoms with van der Waals surface area (Å²) in [4.78, 5) is 15.6. The second-order valence-corrected chi connectivity index (χ2v) is 3.10. The highest BCUT2D eigenvalue weighted by Gasteiger charge is 2.13. The second-order valence-electron chi connectivity index (χ2n) is 3.10. The van der Waals surface area contributed by atoms with Gasteiger partial charge in [-0.2, -0.15) is 4.98 Å². The van der Waals surface area contributed by atoms with Crippen LogP contribution in [0.25, 0.3) is 0 Å². The number of H-pyrrole nitrogens is 1. The SMILES string of the molecule is COc1cccc(C(=O)c2nc(N)n[nH]2)c1. The van der Waals surface area contributed by atoms with Crippen molar-refractivity contribution in [1.82, 2.24) is 15.2 Å². The van der Waals surface area contributed by atoms with Crippen molar-refractivity contribution in [3.05, 3.63) is 35.7 Å². The van der Waals surface area contributed by atoms with Crippen molar-refractivity contribution in [2.75, 3.05) is 12.8 Å². The molecule has 1 aromatic carbocycles. The summed E-state index contributed by atoms with van der Waals surface area (Å²) in [5.74, 6) is 0.499. The number of ether oxygens (including phenoxy) is 1. The van der Waals surface area contributed by atoms with E-state index in [4.69, 9.17) is 10.5 Å². The number of nitrogens with two attached hydrogens (primary N) is 1. The standard InChI is InChI=1S/C10H10N4O2/c1-16-7-4-2-3-6(5-7)8(15)9-12-10(11)14-13-9/h2-5H,1H3,(H3,11,12,13,14). The van der Waals surface area contributed by atoms with Gasteiger partial charge in [-0.25, -0.2) is 0 Å². The Labute approximate surface area is 91.5 Å². The zero-order chi connectivity index (χ0) is 11.5. The average Bonchev–Trinajstić information content (AvgIpc) is 2.75. The van der Waals surface area contributed by atoms with Gasteiger partial charge in [0.25, 0.3) is 0 Å². The molecule has 0 unspecified atom stereocenters. The first-order valence-corrected chi connectivity index (χ1v) is 4.57. The van der Waals surface area contributed by atoms with Crippen LogP contribution >= 0.6 is 0 Å². The van der Waals surface area contributed by atoms with E-state index in [0.29, 0.717) is 11.3 Å². The fourth-order valence-corrected chi connectivity index (χ4v) is 1.28. The molecule has 1 heterocycles. The van der Waals surface area contributed by atoms with Gasteiger partial charge in [0, 0.05) is 5.56 Å². The van der Waals surface area contributed by atoms with Crippen LogP contribution in [0.4, 0.5) is 5.95 Å². The highest BCUT2D eigenvalue weighted by atomic mass is 16.5. The molecular weight excluding hydrogens is 208 g/mol. The van der Waals surface area contributed by atoms with Crippen LogP contribution in [0.1, 0.15) is 16.2 Å². The van der Waals surface area contributed by atoms with Gasteiger partial charge in [0.05, 0.1) is 7.11 Å². The van der Waals surface area contributed by atoms with Crippen LogP contribution < -0.4 is 10.5 Å². The summed E-state index contributed by atoms with van der Waals surface area (Å²) >= 11 is 0. The minimum Gasteiger partial charge on any atom is -0.497 e. The van der Waals surface area contributed by atoms with Crippen molar-refractivity contribution in [2.45, 2.75) is 0 Å². The summed E-state index contributed by atoms with van der Waals surface area (Å²) in [7, 11) is 1.54. The number of carbonyl (C=O) groups is 1. The molecule has 0 saturated carbocycles. The maximum Gasteiger partial charge on any atom is 0.239 e. The zero-order valence-corrected chi connectivity index (χ0v) is 8.60. The van der Waals surface area contributed by atoms with E-state index >= 15 is 0 Å². The Balaban J connectivity index is 2.33. The molecule has 0 fully saturated rings. The number of ketones is 1. The van der Waals surface area contributed by atoms with Gasteiger partial charge in [-0.05, 0) is 12.1 Å². The third kappa shape index (κ3) is 1.85. The van der Waals surface area contributed by atoms with Gasteiger partial charge < -0.3 is 10.5 Å². The van der Waals surface area contributed by atoms with Crippen molar-refractivity contribution in [3.8, 4) is 5.75 Å². The molecule has 16 heavy (non-hydrogen) atoms. The maximum absolute atomic E-state index is 11.9. The average molecular weight is 218 g/mol. The molecule has 6 heteroatoms. The lowest BCUT2D eigenvalue weighted by molar-refractivity contribution is 0.102.